The summed E-state index contributed by atoms with van der Waals surface area (Å²) in [6.45, 7) is 0.991. The molecule has 2 amide bonds. The second kappa shape index (κ2) is 7.78. The normalized spacial score (nSPS) is 25.3. The largest absolute Gasteiger partial charge is 0.352 e. The molecule has 2 N–H and O–H groups in total. The van der Waals surface area contributed by atoms with E-state index in [9.17, 15) is 9.59 Å². The molecule has 0 saturated heterocycles. The van der Waals surface area contributed by atoms with Crippen LogP contribution in [0.5, 0.6) is 0 Å². The molecule has 0 spiro atoms. The molecule has 0 aromatic heterocycles. The number of amides is 2. The first kappa shape index (κ1) is 17.5. The van der Waals surface area contributed by atoms with E-state index in [2.05, 4.69) is 22.8 Å². The van der Waals surface area contributed by atoms with Crippen LogP contribution in [0.25, 0.3) is 0 Å². The highest BCUT2D eigenvalue weighted by molar-refractivity contribution is 5.89. The number of hydrogen-bond acceptors (Lipinski definition) is 2. The molecule has 2 aromatic carbocycles. The summed E-state index contributed by atoms with van der Waals surface area (Å²) in [6.07, 6.45) is 5.11. The average molecular weight is 360 g/mol. The van der Waals surface area contributed by atoms with Crippen molar-refractivity contribution in [1.82, 2.24) is 10.6 Å². The number of carbonyl (C=O) groups excluding carboxylic acids is 2. The van der Waals surface area contributed by atoms with Crippen LogP contribution in [0.3, 0.4) is 0 Å². The van der Waals surface area contributed by atoms with Crippen molar-refractivity contribution in [3.8, 4) is 0 Å². The van der Waals surface area contributed by atoms with Gasteiger partial charge in [-0.15, -0.1) is 0 Å². The fourth-order valence-electron chi connectivity index (χ4n) is 4.34. The standard InChI is InChI=1S/C23H24N2O2/c26-22(24-14-16-7-3-1-4-8-16)20-18-11-12-19(13-18)21(20)23(27)25-15-17-9-5-2-6-10-17/h1-12,18-21H,13-15H2,(H,24,26)(H,25,27)/t18-,19+,20-,21-/m1/s1. The van der Waals surface area contributed by atoms with Crippen molar-refractivity contribution in [3.05, 3.63) is 83.9 Å². The molecule has 0 heterocycles. The molecule has 1 saturated carbocycles. The molecule has 2 aromatic rings. The molecule has 4 atom stereocenters. The summed E-state index contributed by atoms with van der Waals surface area (Å²) in [5, 5.41) is 6.06. The summed E-state index contributed by atoms with van der Waals surface area (Å²) >= 11 is 0. The van der Waals surface area contributed by atoms with Crippen LogP contribution in [0.15, 0.2) is 72.8 Å². The van der Waals surface area contributed by atoms with Crippen LogP contribution in [-0.2, 0) is 22.7 Å². The maximum absolute atomic E-state index is 12.9. The van der Waals surface area contributed by atoms with Gasteiger partial charge in [0.15, 0.2) is 0 Å². The second-order valence-corrected chi connectivity index (χ2v) is 7.41. The highest BCUT2D eigenvalue weighted by Crippen LogP contribution is 2.48. The molecular formula is C23H24N2O2. The van der Waals surface area contributed by atoms with Crippen molar-refractivity contribution in [2.24, 2.45) is 23.7 Å². The molecule has 0 unspecified atom stereocenters. The lowest BCUT2D eigenvalue weighted by Crippen LogP contribution is -2.43. The Hall–Kier alpha value is -2.88. The van der Waals surface area contributed by atoms with E-state index in [1.165, 1.54) is 0 Å². The fourth-order valence-corrected chi connectivity index (χ4v) is 4.34. The Morgan fingerprint density at radius 3 is 1.52 bits per heavy atom. The second-order valence-electron chi connectivity index (χ2n) is 7.41. The third-order valence-electron chi connectivity index (χ3n) is 5.68. The van der Waals surface area contributed by atoms with Crippen LogP contribution in [0.1, 0.15) is 17.5 Å². The molecule has 1 fully saturated rings. The lowest BCUT2D eigenvalue weighted by Gasteiger charge is -2.26. The molecule has 4 nitrogen and oxygen atoms in total. The van der Waals surface area contributed by atoms with Crippen molar-refractivity contribution < 1.29 is 9.59 Å². The van der Waals surface area contributed by atoms with Crippen LogP contribution in [0, 0.1) is 23.7 Å². The lowest BCUT2D eigenvalue weighted by atomic mass is 9.81. The number of hydrogen-bond donors (Lipinski definition) is 2. The van der Waals surface area contributed by atoms with Gasteiger partial charge in [0.25, 0.3) is 0 Å². The minimum absolute atomic E-state index is 0.0180. The van der Waals surface area contributed by atoms with Crippen LogP contribution < -0.4 is 10.6 Å². The van der Waals surface area contributed by atoms with Crippen molar-refractivity contribution in [2.45, 2.75) is 19.5 Å². The van der Waals surface area contributed by atoms with Crippen molar-refractivity contribution in [1.29, 1.82) is 0 Å². The Balaban J connectivity index is 1.40. The van der Waals surface area contributed by atoms with Crippen molar-refractivity contribution in [3.63, 3.8) is 0 Å². The van der Waals surface area contributed by atoms with E-state index in [-0.39, 0.29) is 35.5 Å². The lowest BCUT2D eigenvalue weighted by molar-refractivity contribution is -0.135. The smallest absolute Gasteiger partial charge is 0.224 e. The van der Waals surface area contributed by atoms with E-state index in [1.807, 2.05) is 60.7 Å². The highest BCUT2D eigenvalue weighted by atomic mass is 16.2. The van der Waals surface area contributed by atoms with Gasteiger partial charge in [-0.25, -0.2) is 0 Å². The van der Waals surface area contributed by atoms with Crippen LogP contribution in [0.2, 0.25) is 0 Å². The van der Waals surface area contributed by atoms with Crippen molar-refractivity contribution >= 4 is 11.8 Å². The zero-order valence-electron chi connectivity index (χ0n) is 15.2. The minimum Gasteiger partial charge on any atom is -0.352 e. The summed E-state index contributed by atoms with van der Waals surface area (Å²) in [5.41, 5.74) is 2.13. The van der Waals surface area contributed by atoms with Crippen LogP contribution in [0.4, 0.5) is 0 Å². The summed E-state index contributed by atoms with van der Waals surface area (Å²) in [7, 11) is 0. The number of rotatable bonds is 6. The first-order chi connectivity index (χ1) is 13.2. The quantitative estimate of drug-likeness (QED) is 0.778. The van der Waals surface area contributed by atoms with Crippen LogP contribution in [-0.4, -0.2) is 11.8 Å². The van der Waals surface area contributed by atoms with Gasteiger partial charge >= 0.3 is 0 Å². The number of nitrogens with one attached hydrogen (secondary N) is 2. The van der Waals surface area contributed by atoms with Gasteiger partial charge in [-0.3, -0.25) is 9.59 Å². The molecule has 4 heteroatoms. The van der Waals surface area contributed by atoms with Crippen LogP contribution >= 0.6 is 0 Å². The summed E-state index contributed by atoms with van der Waals surface area (Å²) in [5.74, 6) is -0.262. The Bertz CT molecular complexity index is 762. The molecule has 2 bridgehead atoms. The predicted octanol–water partition coefficient (Wildman–Crippen LogP) is 3.06. The Kier molecular flexibility index (Phi) is 5.05. The number of fused-ring (bicyclic) bond motifs is 2. The summed E-state index contributed by atoms with van der Waals surface area (Å²) in [4.78, 5) is 25.7. The Labute approximate surface area is 159 Å². The van der Waals surface area contributed by atoms with E-state index in [1.54, 1.807) is 0 Å². The minimum atomic E-state index is -0.278. The first-order valence-corrected chi connectivity index (χ1v) is 9.54. The molecule has 4 rings (SSSR count). The summed E-state index contributed by atoms with van der Waals surface area (Å²) < 4.78 is 0. The van der Waals surface area contributed by atoms with E-state index >= 15 is 0 Å². The molecule has 27 heavy (non-hydrogen) atoms. The maximum atomic E-state index is 12.9. The zero-order chi connectivity index (χ0) is 18.6. The van der Waals surface area contributed by atoms with E-state index in [0.717, 1.165) is 17.5 Å². The first-order valence-electron chi connectivity index (χ1n) is 9.54. The highest BCUT2D eigenvalue weighted by Gasteiger charge is 2.51. The third kappa shape index (κ3) is 3.80. The van der Waals surface area contributed by atoms with Gasteiger partial charge in [0.2, 0.25) is 11.8 Å². The van der Waals surface area contributed by atoms with E-state index < -0.39 is 0 Å². The topological polar surface area (TPSA) is 58.2 Å². The number of allylic oxidation sites excluding steroid dienone is 2. The van der Waals surface area contributed by atoms with Gasteiger partial charge < -0.3 is 10.6 Å². The number of carbonyl (C=O) groups is 2. The van der Waals surface area contributed by atoms with Gasteiger partial charge in [0.1, 0.15) is 0 Å². The molecule has 0 aliphatic heterocycles. The van der Waals surface area contributed by atoms with Gasteiger partial charge in [-0.05, 0) is 29.4 Å². The average Bonchev–Trinajstić information content (AvgIpc) is 3.33. The SMILES string of the molecule is O=C(NCc1ccccc1)[C@H]1[C@H](C(=O)NCc2ccccc2)[C@H]2C=C[C@@H]1C2. The molecule has 2 aliphatic rings. The van der Waals surface area contributed by atoms with Gasteiger partial charge in [0, 0.05) is 13.1 Å². The van der Waals surface area contributed by atoms with Gasteiger partial charge in [0.05, 0.1) is 11.8 Å². The van der Waals surface area contributed by atoms with Gasteiger partial charge in [-0.2, -0.15) is 0 Å². The fraction of sp³-hybridized carbons (Fsp3) is 0.304. The van der Waals surface area contributed by atoms with E-state index in [0.29, 0.717) is 13.1 Å². The molecule has 138 valence electrons. The van der Waals surface area contributed by atoms with Crippen molar-refractivity contribution in [2.75, 3.05) is 0 Å². The zero-order valence-corrected chi connectivity index (χ0v) is 15.2. The Morgan fingerprint density at radius 1 is 0.704 bits per heavy atom. The maximum Gasteiger partial charge on any atom is 0.224 e. The molecular weight excluding hydrogens is 336 g/mol. The molecule has 2 aliphatic carbocycles. The third-order valence-corrected chi connectivity index (χ3v) is 5.68. The van der Waals surface area contributed by atoms with Gasteiger partial charge in [-0.1, -0.05) is 72.8 Å². The molecule has 0 radical (unpaired) electrons. The summed E-state index contributed by atoms with van der Waals surface area (Å²) in [6, 6.07) is 19.7. The Morgan fingerprint density at radius 2 is 1.11 bits per heavy atom. The number of benzene rings is 2. The monoisotopic (exact) mass is 360 g/mol. The van der Waals surface area contributed by atoms with E-state index in [4.69, 9.17) is 0 Å². The predicted molar refractivity (Wildman–Crippen MR) is 104 cm³/mol.